The van der Waals surface area contributed by atoms with Crippen LogP contribution in [0.3, 0.4) is 0 Å². The van der Waals surface area contributed by atoms with Crippen molar-refractivity contribution in [2.45, 2.75) is 20.8 Å². The lowest BCUT2D eigenvalue weighted by atomic mass is 10.0. The Morgan fingerprint density at radius 2 is 2.08 bits per heavy atom. The van der Waals surface area contributed by atoms with Crippen LogP contribution in [0.5, 0.6) is 5.75 Å². The first-order chi connectivity index (χ1) is 11.9. The number of aromatic hydroxyl groups is 1. The van der Waals surface area contributed by atoms with E-state index in [1.54, 1.807) is 18.2 Å². The standard InChI is InChI=1S/C19H22N4O2/c1-5-14-6-7-15(16(24)9-14)19-13(4)8-17(22-23-19)21-18(25)11-20-10-12(2)3/h1,6-9,12,20,24H,10-11H2,2-4H3,(H,21,22,25). The van der Waals surface area contributed by atoms with Gasteiger partial charge in [0.1, 0.15) is 5.75 Å². The van der Waals surface area contributed by atoms with E-state index in [-0.39, 0.29) is 18.2 Å². The Balaban J connectivity index is 2.11. The Labute approximate surface area is 147 Å². The van der Waals surface area contributed by atoms with E-state index in [0.29, 0.717) is 28.6 Å². The van der Waals surface area contributed by atoms with Crippen LogP contribution in [0.15, 0.2) is 24.3 Å². The normalized spacial score (nSPS) is 10.5. The molecule has 2 rings (SSSR count). The zero-order valence-corrected chi connectivity index (χ0v) is 14.6. The molecule has 0 bridgehead atoms. The molecule has 0 aliphatic rings. The maximum Gasteiger partial charge on any atom is 0.239 e. The monoisotopic (exact) mass is 338 g/mol. The third kappa shape index (κ3) is 5.03. The summed E-state index contributed by atoms with van der Waals surface area (Å²) in [6.07, 6.45) is 5.32. The van der Waals surface area contributed by atoms with Gasteiger partial charge in [-0.3, -0.25) is 4.79 Å². The molecule has 130 valence electrons. The SMILES string of the molecule is C#Cc1ccc(-c2nnc(NC(=O)CNCC(C)C)cc2C)c(O)c1. The molecule has 1 aromatic carbocycles. The Kier molecular flexibility index (Phi) is 6.09. The smallest absolute Gasteiger partial charge is 0.239 e. The quantitative estimate of drug-likeness (QED) is 0.704. The highest BCUT2D eigenvalue weighted by Gasteiger charge is 2.12. The third-order valence-corrected chi connectivity index (χ3v) is 3.51. The number of phenolic OH excluding ortho intramolecular Hbond substituents is 1. The van der Waals surface area contributed by atoms with E-state index in [0.717, 1.165) is 12.1 Å². The van der Waals surface area contributed by atoms with E-state index >= 15 is 0 Å². The van der Waals surface area contributed by atoms with Crippen molar-refractivity contribution < 1.29 is 9.90 Å². The number of phenols is 1. The number of aromatic nitrogens is 2. The van der Waals surface area contributed by atoms with Crippen molar-refractivity contribution in [2.75, 3.05) is 18.4 Å². The van der Waals surface area contributed by atoms with Crippen molar-refractivity contribution in [1.29, 1.82) is 0 Å². The number of terminal acetylenes is 1. The Morgan fingerprint density at radius 3 is 2.68 bits per heavy atom. The van der Waals surface area contributed by atoms with Gasteiger partial charge in [0.25, 0.3) is 0 Å². The van der Waals surface area contributed by atoms with Crippen molar-refractivity contribution in [1.82, 2.24) is 15.5 Å². The molecule has 1 amide bonds. The number of nitrogens with one attached hydrogen (secondary N) is 2. The van der Waals surface area contributed by atoms with E-state index in [1.807, 2.05) is 6.92 Å². The molecule has 0 atom stereocenters. The van der Waals surface area contributed by atoms with Gasteiger partial charge in [0.05, 0.1) is 12.2 Å². The second-order valence-corrected chi connectivity index (χ2v) is 6.21. The number of hydrogen-bond donors (Lipinski definition) is 3. The first kappa shape index (κ1) is 18.4. The summed E-state index contributed by atoms with van der Waals surface area (Å²) < 4.78 is 0. The van der Waals surface area contributed by atoms with Gasteiger partial charge in [-0.1, -0.05) is 19.8 Å². The average Bonchev–Trinajstić information content (AvgIpc) is 2.55. The largest absolute Gasteiger partial charge is 0.507 e. The molecule has 1 heterocycles. The van der Waals surface area contributed by atoms with Crippen LogP contribution in [0.4, 0.5) is 5.82 Å². The summed E-state index contributed by atoms with van der Waals surface area (Å²) >= 11 is 0. The molecule has 0 saturated heterocycles. The topological polar surface area (TPSA) is 87.1 Å². The fourth-order valence-corrected chi connectivity index (χ4v) is 2.30. The number of amides is 1. The van der Waals surface area contributed by atoms with Crippen molar-refractivity contribution in [3.8, 4) is 29.4 Å². The molecular formula is C19H22N4O2. The molecule has 0 unspecified atom stereocenters. The lowest BCUT2D eigenvalue weighted by Gasteiger charge is -2.10. The summed E-state index contributed by atoms with van der Waals surface area (Å²) in [6.45, 7) is 6.97. The van der Waals surface area contributed by atoms with Gasteiger partial charge in [-0.2, -0.15) is 0 Å². The Morgan fingerprint density at radius 1 is 1.32 bits per heavy atom. The maximum absolute atomic E-state index is 11.9. The van der Waals surface area contributed by atoms with Gasteiger partial charge in [0.15, 0.2) is 5.82 Å². The van der Waals surface area contributed by atoms with Crippen molar-refractivity contribution >= 4 is 11.7 Å². The van der Waals surface area contributed by atoms with Gasteiger partial charge >= 0.3 is 0 Å². The minimum absolute atomic E-state index is 0.0440. The zero-order chi connectivity index (χ0) is 18.4. The molecular weight excluding hydrogens is 316 g/mol. The Hall–Kier alpha value is -2.91. The summed E-state index contributed by atoms with van der Waals surface area (Å²) in [5, 5.41) is 24.0. The number of carbonyl (C=O) groups excluding carboxylic acids is 1. The predicted octanol–water partition coefficient (Wildman–Crippen LogP) is 2.32. The predicted molar refractivity (Wildman–Crippen MR) is 98.1 cm³/mol. The molecule has 6 nitrogen and oxygen atoms in total. The van der Waals surface area contributed by atoms with Crippen LogP contribution >= 0.6 is 0 Å². The number of anilines is 1. The van der Waals surface area contributed by atoms with Crippen LogP contribution in [0.25, 0.3) is 11.3 Å². The minimum Gasteiger partial charge on any atom is -0.507 e. The zero-order valence-electron chi connectivity index (χ0n) is 14.6. The second-order valence-electron chi connectivity index (χ2n) is 6.21. The molecule has 0 aliphatic heterocycles. The number of rotatable bonds is 6. The highest BCUT2D eigenvalue weighted by atomic mass is 16.3. The van der Waals surface area contributed by atoms with Gasteiger partial charge < -0.3 is 15.7 Å². The third-order valence-electron chi connectivity index (χ3n) is 3.51. The van der Waals surface area contributed by atoms with Crippen LogP contribution in [-0.4, -0.2) is 34.3 Å². The molecule has 1 aromatic heterocycles. The van der Waals surface area contributed by atoms with E-state index in [2.05, 4.69) is 40.6 Å². The van der Waals surface area contributed by atoms with Crippen molar-refractivity contribution in [2.24, 2.45) is 5.92 Å². The van der Waals surface area contributed by atoms with Gasteiger partial charge in [-0.25, -0.2) is 0 Å². The van der Waals surface area contributed by atoms with Crippen LogP contribution in [0.2, 0.25) is 0 Å². The lowest BCUT2D eigenvalue weighted by molar-refractivity contribution is -0.115. The first-order valence-corrected chi connectivity index (χ1v) is 8.05. The summed E-state index contributed by atoms with van der Waals surface area (Å²) in [5.41, 5.74) is 2.45. The van der Waals surface area contributed by atoms with Crippen LogP contribution in [-0.2, 0) is 4.79 Å². The second kappa shape index (κ2) is 8.27. The number of benzene rings is 1. The van der Waals surface area contributed by atoms with Gasteiger partial charge in [0.2, 0.25) is 5.91 Å². The highest BCUT2D eigenvalue weighted by Crippen LogP contribution is 2.30. The maximum atomic E-state index is 11.9. The Bertz CT molecular complexity index is 810. The number of nitrogens with zero attached hydrogens (tertiary/aromatic N) is 2. The molecule has 6 heteroatoms. The van der Waals surface area contributed by atoms with Crippen LogP contribution in [0.1, 0.15) is 25.0 Å². The van der Waals surface area contributed by atoms with Crippen LogP contribution in [0, 0.1) is 25.2 Å². The molecule has 3 N–H and O–H groups in total. The van der Waals surface area contributed by atoms with Gasteiger partial charge in [0, 0.05) is 11.1 Å². The van der Waals surface area contributed by atoms with E-state index in [9.17, 15) is 9.90 Å². The van der Waals surface area contributed by atoms with Crippen molar-refractivity contribution in [3.63, 3.8) is 0 Å². The number of carbonyl (C=O) groups is 1. The fourth-order valence-electron chi connectivity index (χ4n) is 2.30. The minimum atomic E-state index is -0.177. The van der Waals surface area contributed by atoms with E-state index in [1.165, 1.54) is 6.07 Å². The summed E-state index contributed by atoms with van der Waals surface area (Å²) in [4.78, 5) is 11.9. The molecule has 0 aliphatic carbocycles. The van der Waals surface area contributed by atoms with Crippen molar-refractivity contribution in [3.05, 3.63) is 35.4 Å². The van der Waals surface area contributed by atoms with E-state index in [4.69, 9.17) is 6.42 Å². The molecule has 0 saturated carbocycles. The van der Waals surface area contributed by atoms with Crippen LogP contribution < -0.4 is 10.6 Å². The fraction of sp³-hybridized carbons (Fsp3) is 0.316. The molecule has 0 spiro atoms. The average molecular weight is 338 g/mol. The lowest BCUT2D eigenvalue weighted by Crippen LogP contribution is -2.30. The summed E-state index contributed by atoms with van der Waals surface area (Å²) in [6, 6.07) is 6.66. The van der Waals surface area contributed by atoms with Gasteiger partial charge in [-0.05, 0) is 49.2 Å². The van der Waals surface area contributed by atoms with E-state index < -0.39 is 0 Å². The molecule has 2 aromatic rings. The molecule has 0 radical (unpaired) electrons. The highest BCUT2D eigenvalue weighted by molar-refractivity contribution is 5.91. The molecule has 25 heavy (non-hydrogen) atoms. The summed E-state index contributed by atoms with van der Waals surface area (Å²) in [5.74, 6) is 3.18. The summed E-state index contributed by atoms with van der Waals surface area (Å²) in [7, 11) is 0. The number of hydrogen-bond acceptors (Lipinski definition) is 5. The first-order valence-electron chi connectivity index (χ1n) is 8.05. The molecule has 0 fully saturated rings. The number of aryl methyl sites for hydroxylation is 1. The van der Waals surface area contributed by atoms with Gasteiger partial charge in [-0.15, -0.1) is 16.6 Å².